The minimum absolute atomic E-state index is 0.0168. The van der Waals surface area contributed by atoms with Crippen LogP contribution in [0.15, 0.2) is 36.7 Å². The highest BCUT2D eigenvalue weighted by atomic mass is 19.1. The molecule has 0 bridgehead atoms. The van der Waals surface area contributed by atoms with E-state index in [2.05, 4.69) is 4.98 Å². The Labute approximate surface area is 110 Å². The number of halogens is 1. The molecule has 0 aliphatic carbocycles. The molecule has 1 heterocycles. The molecule has 0 spiro atoms. The zero-order valence-electron chi connectivity index (χ0n) is 10.4. The standard InChI is InChI=1S/C14H13FN2O2/c1-19-10-2-3-11(12(15)7-10)14(18)6-9-8-17-5-4-13(9)16/h2-5,7-8H,6H2,1H3,(H2,16,17). The van der Waals surface area contributed by atoms with Crippen LogP contribution in [0, 0.1) is 5.82 Å². The molecule has 4 nitrogen and oxygen atoms in total. The number of Topliss-reactive ketones (excluding diaryl/α,β-unsaturated/α-hetero) is 1. The van der Waals surface area contributed by atoms with E-state index in [0.29, 0.717) is 17.0 Å². The zero-order chi connectivity index (χ0) is 13.8. The maximum atomic E-state index is 13.7. The van der Waals surface area contributed by atoms with Crippen LogP contribution in [0.5, 0.6) is 5.75 Å². The number of nitrogens with two attached hydrogens (primary N) is 1. The van der Waals surface area contributed by atoms with E-state index in [4.69, 9.17) is 10.5 Å². The second kappa shape index (κ2) is 5.48. The number of anilines is 1. The first-order valence-corrected chi connectivity index (χ1v) is 5.67. The van der Waals surface area contributed by atoms with Crippen molar-refractivity contribution in [1.29, 1.82) is 0 Å². The first-order valence-electron chi connectivity index (χ1n) is 5.67. The molecular formula is C14H13FN2O2. The van der Waals surface area contributed by atoms with Gasteiger partial charge in [-0.05, 0) is 18.2 Å². The molecule has 0 fully saturated rings. The third-order valence-electron chi connectivity index (χ3n) is 2.77. The van der Waals surface area contributed by atoms with E-state index >= 15 is 0 Å². The van der Waals surface area contributed by atoms with Gasteiger partial charge in [0, 0.05) is 36.1 Å². The van der Waals surface area contributed by atoms with Crippen molar-refractivity contribution in [2.75, 3.05) is 12.8 Å². The number of rotatable bonds is 4. The van der Waals surface area contributed by atoms with Crippen LogP contribution >= 0.6 is 0 Å². The van der Waals surface area contributed by atoms with Crippen molar-refractivity contribution in [1.82, 2.24) is 4.98 Å². The normalized spacial score (nSPS) is 10.2. The average Bonchev–Trinajstić information content (AvgIpc) is 2.41. The number of carbonyl (C=O) groups excluding carboxylic acids is 1. The number of ether oxygens (including phenoxy) is 1. The molecule has 2 N–H and O–H groups in total. The summed E-state index contributed by atoms with van der Waals surface area (Å²) >= 11 is 0. The van der Waals surface area contributed by atoms with E-state index < -0.39 is 5.82 Å². The van der Waals surface area contributed by atoms with Crippen LogP contribution in [0.4, 0.5) is 10.1 Å². The molecule has 2 rings (SSSR count). The van der Waals surface area contributed by atoms with E-state index in [1.165, 1.54) is 31.6 Å². The van der Waals surface area contributed by atoms with Gasteiger partial charge in [-0.25, -0.2) is 4.39 Å². The number of benzene rings is 1. The Morgan fingerprint density at radius 3 is 2.84 bits per heavy atom. The van der Waals surface area contributed by atoms with Crippen molar-refractivity contribution in [3.05, 3.63) is 53.6 Å². The summed E-state index contributed by atoms with van der Waals surface area (Å²) in [6.45, 7) is 0. The van der Waals surface area contributed by atoms with Gasteiger partial charge in [-0.15, -0.1) is 0 Å². The first-order chi connectivity index (χ1) is 9.11. The second-order valence-electron chi connectivity index (χ2n) is 4.02. The molecule has 2 aromatic rings. The number of methoxy groups -OCH3 is 1. The van der Waals surface area contributed by atoms with E-state index in [1.807, 2.05) is 0 Å². The molecule has 0 unspecified atom stereocenters. The molecule has 1 aromatic carbocycles. The summed E-state index contributed by atoms with van der Waals surface area (Å²) in [5.74, 6) is -0.582. The predicted octanol–water partition coefficient (Wildman–Crippen LogP) is 2.24. The van der Waals surface area contributed by atoms with Gasteiger partial charge in [-0.1, -0.05) is 0 Å². The van der Waals surface area contributed by atoms with Gasteiger partial charge in [0.05, 0.1) is 12.7 Å². The number of hydrogen-bond donors (Lipinski definition) is 1. The maximum Gasteiger partial charge on any atom is 0.170 e. The summed E-state index contributed by atoms with van der Waals surface area (Å²) in [7, 11) is 1.44. The summed E-state index contributed by atoms with van der Waals surface area (Å²) in [6.07, 6.45) is 3.06. The average molecular weight is 260 g/mol. The van der Waals surface area contributed by atoms with Gasteiger partial charge < -0.3 is 10.5 Å². The Hall–Kier alpha value is -2.43. The van der Waals surface area contributed by atoms with Gasteiger partial charge in [0.25, 0.3) is 0 Å². The van der Waals surface area contributed by atoms with Crippen LogP contribution in [0.3, 0.4) is 0 Å². The highest BCUT2D eigenvalue weighted by Crippen LogP contribution is 2.19. The first kappa shape index (κ1) is 13.0. The van der Waals surface area contributed by atoms with Gasteiger partial charge in [-0.2, -0.15) is 0 Å². The van der Waals surface area contributed by atoms with Crippen molar-refractivity contribution in [2.24, 2.45) is 0 Å². The number of carbonyl (C=O) groups is 1. The monoisotopic (exact) mass is 260 g/mol. The smallest absolute Gasteiger partial charge is 0.170 e. The van der Waals surface area contributed by atoms with Crippen molar-refractivity contribution in [2.45, 2.75) is 6.42 Å². The van der Waals surface area contributed by atoms with Crippen LogP contribution in [-0.2, 0) is 6.42 Å². The van der Waals surface area contributed by atoms with Gasteiger partial charge in [-0.3, -0.25) is 9.78 Å². The number of pyridine rings is 1. The Balaban J connectivity index is 2.23. The number of aromatic nitrogens is 1. The lowest BCUT2D eigenvalue weighted by atomic mass is 10.0. The number of ketones is 1. The van der Waals surface area contributed by atoms with Crippen LogP contribution in [0.1, 0.15) is 15.9 Å². The lowest BCUT2D eigenvalue weighted by Gasteiger charge is -2.06. The van der Waals surface area contributed by atoms with Crippen molar-refractivity contribution in [3.8, 4) is 5.75 Å². The molecular weight excluding hydrogens is 247 g/mol. The predicted molar refractivity (Wildman–Crippen MR) is 69.6 cm³/mol. The summed E-state index contributed by atoms with van der Waals surface area (Å²) < 4.78 is 18.6. The molecule has 0 saturated carbocycles. The summed E-state index contributed by atoms with van der Waals surface area (Å²) in [5.41, 5.74) is 6.80. The number of nitrogens with zero attached hydrogens (tertiary/aromatic N) is 1. The van der Waals surface area contributed by atoms with Crippen LogP contribution in [0.2, 0.25) is 0 Å². The molecule has 98 valence electrons. The quantitative estimate of drug-likeness (QED) is 0.856. The Morgan fingerprint density at radius 1 is 1.42 bits per heavy atom. The zero-order valence-corrected chi connectivity index (χ0v) is 10.4. The van der Waals surface area contributed by atoms with E-state index in [9.17, 15) is 9.18 Å². The molecule has 0 radical (unpaired) electrons. The van der Waals surface area contributed by atoms with E-state index in [0.717, 1.165) is 0 Å². The van der Waals surface area contributed by atoms with Crippen LogP contribution in [0.25, 0.3) is 0 Å². The number of hydrogen-bond acceptors (Lipinski definition) is 4. The van der Waals surface area contributed by atoms with Gasteiger partial charge in [0.15, 0.2) is 5.78 Å². The Kier molecular flexibility index (Phi) is 3.75. The van der Waals surface area contributed by atoms with Crippen LogP contribution < -0.4 is 10.5 Å². The maximum absolute atomic E-state index is 13.7. The largest absolute Gasteiger partial charge is 0.497 e. The van der Waals surface area contributed by atoms with Crippen molar-refractivity contribution >= 4 is 11.5 Å². The highest BCUT2D eigenvalue weighted by Gasteiger charge is 2.14. The fourth-order valence-corrected chi connectivity index (χ4v) is 1.70. The Bertz CT molecular complexity index is 614. The fraction of sp³-hybridized carbons (Fsp3) is 0.143. The van der Waals surface area contributed by atoms with Crippen LogP contribution in [-0.4, -0.2) is 17.9 Å². The van der Waals surface area contributed by atoms with Crippen molar-refractivity contribution < 1.29 is 13.9 Å². The third kappa shape index (κ3) is 2.88. The molecule has 0 amide bonds. The van der Waals surface area contributed by atoms with Gasteiger partial charge >= 0.3 is 0 Å². The van der Waals surface area contributed by atoms with Gasteiger partial charge in [0.1, 0.15) is 11.6 Å². The minimum Gasteiger partial charge on any atom is -0.497 e. The second-order valence-corrected chi connectivity index (χ2v) is 4.02. The summed E-state index contributed by atoms with van der Waals surface area (Å²) in [6, 6.07) is 5.73. The molecule has 0 saturated heterocycles. The molecule has 0 aliphatic heterocycles. The highest BCUT2D eigenvalue weighted by molar-refractivity contribution is 5.98. The van der Waals surface area contributed by atoms with Crippen molar-refractivity contribution in [3.63, 3.8) is 0 Å². The molecule has 1 aromatic heterocycles. The number of nitrogen functional groups attached to an aromatic ring is 1. The van der Waals surface area contributed by atoms with E-state index in [-0.39, 0.29) is 17.8 Å². The molecule has 0 atom stereocenters. The third-order valence-corrected chi connectivity index (χ3v) is 2.77. The molecule has 19 heavy (non-hydrogen) atoms. The lowest BCUT2D eigenvalue weighted by Crippen LogP contribution is -2.08. The molecule has 5 heteroatoms. The lowest BCUT2D eigenvalue weighted by molar-refractivity contribution is 0.0989. The minimum atomic E-state index is -0.605. The summed E-state index contributed by atoms with van der Waals surface area (Å²) in [4.78, 5) is 15.9. The SMILES string of the molecule is COc1ccc(C(=O)Cc2cnccc2N)c(F)c1. The molecule has 0 aliphatic rings. The fourth-order valence-electron chi connectivity index (χ4n) is 1.70. The topological polar surface area (TPSA) is 65.2 Å². The van der Waals surface area contributed by atoms with Gasteiger partial charge in [0.2, 0.25) is 0 Å². The Morgan fingerprint density at radius 2 is 2.21 bits per heavy atom. The summed E-state index contributed by atoms with van der Waals surface area (Å²) in [5, 5.41) is 0. The van der Waals surface area contributed by atoms with E-state index in [1.54, 1.807) is 12.1 Å².